The van der Waals surface area contributed by atoms with Gasteiger partial charge in [-0.2, -0.15) is 0 Å². The normalized spacial score (nSPS) is 19.2. The summed E-state index contributed by atoms with van der Waals surface area (Å²) in [6.07, 6.45) is -1.34. The Bertz CT molecular complexity index is 809. The van der Waals surface area contributed by atoms with Crippen LogP contribution in [0.1, 0.15) is 52.0 Å². The number of ketones is 1. The Hall–Kier alpha value is -2.03. The highest BCUT2D eigenvalue weighted by molar-refractivity contribution is 9.10. The van der Waals surface area contributed by atoms with Crippen molar-refractivity contribution in [1.82, 2.24) is 4.90 Å². The summed E-state index contributed by atoms with van der Waals surface area (Å²) in [6, 6.07) is 1.32. The van der Waals surface area contributed by atoms with Crippen LogP contribution in [0.4, 0.5) is 13.6 Å². The minimum Gasteiger partial charge on any atom is -0.466 e. The van der Waals surface area contributed by atoms with E-state index in [0.29, 0.717) is 0 Å². The first-order valence-corrected chi connectivity index (χ1v) is 10.0. The van der Waals surface area contributed by atoms with Gasteiger partial charge in [-0.1, -0.05) is 0 Å². The van der Waals surface area contributed by atoms with Crippen molar-refractivity contribution in [3.05, 3.63) is 33.8 Å². The van der Waals surface area contributed by atoms with E-state index in [-0.39, 0.29) is 29.6 Å². The second-order valence-corrected chi connectivity index (χ2v) is 8.64. The Labute approximate surface area is 176 Å². The molecule has 160 valence electrons. The van der Waals surface area contributed by atoms with Gasteiger partial charge in [-0.05, 0) is 62.2 Å². The predicted molar refractivity (Wildman–Crippen MR) is 104 cm³/mol. The maximum Gasteiger partial charge on any atom is 0.410 e. The fraction of sp³-hybridized carbons (Fsp3) is 0.550. The van der Waals surface area contributed by atoms with Crippen LogP contribution in [0.15, 0.2) is 16.6 Å². The molecule has 0 aromatic heterocycles. The summed E-state index contributed by atoms with van der Waals surface area (Å²) in [6.45, 7) is 6.62. The molecule has 0 bridgehead atoms. The number of halogens is 3. The Morgan fingerprint density at radius 1 is 1.24 bits per heavy atom. The van der Waals surface area contributed by atoms with Gasteiger partial charge in [0.05, 0.1) is 17.1 Å². The van der Waals surface area contributed by atoms with Gasteiger partial charge < -0.3 is 9.47 Å². The van der Waals surface area contributed by atoms with Crippen molar-refractivity contribution >= 4 is 33.8 Å². The number of benzene rings is 1. The number of ether oxygens (including phenoxy) is 2. The highest BCUT2D eigenvalue weighted by atomic mass is 79.9. The van der Waals surface area contributed by atoms with E-state index in [2.05, 4.69) is 15.9 Å². The van der Waals surface area contributed by atoms with Crippen molar-refractivity contribution in [2.24, 2.45) is 0 Å². The summed E-state index contributed by atoms with van der Waals surface area (Å²) in [4.78, 5) is 38.2. The maximum absolute atomic E-state index is 14.6. The molecule has 9 heteroatoms. The topological polar surface area (TPSA) is 72.9 Å². The van der Waals surface area contributed by atoms with E-state index < -0.39 is 53.5 Å². The second-order valence-electron chi connectivity index (χ2n) is 7.79. The maximum atomic E-state index is 14.6. The van der Waals surface area contributed by atoms with Gasteiger partial charge >= 0.3 is 12.1 Å². The molecule has 0 spiro atoms. The van der Waals surface area contributed by atoms with Crippen molar-refractivity contribution in [2.75, 3.05) is 13.2 Å². The molecule has 2 rings (SSSR count). The molecule has 29 heavy (non-hydrogen) atoms. The smallest absolute Gasteiger partial charge is 0.410 e. The van der Waals surface area contributed by atoms with Crippen molar-refractivity contribution in [2.45, 2.75) is 58.1 Å². The molecule has 1 amide bonds. The summed E-state index contributed by atoms with van der Waals surface area (Å²) >= 11 is 3.03. The zero-order chi connectivity index (χ0) is 21.9. The second kappa shape index (κ2) is 9.19. The van der Waals surface area contributed by atoms with E-state index >= 15 is 0 Å². The monoisotopic (exact) mass is 475 g/mol. The van der Waals surface area contributed by atoms with Crippen LogP contribution in [0, 0.1) is 11.6 Å². The Morgan fingerprint density at radius 3 is 2.48 bits per heavy atom. The standard InChI is InChI=1S/C20H24BrF2NO5/c1-5-28-16(26)9-15(25)14-8-11(10-24(14)19(27)29-20(2,3)4)17-13(22)7-6-12(21)18(17)23/h6-7,11,14H,5,8-10H2,1-4H3. The average Bonchev–Trinajstić information content (AvgIpc) is 3.02. The molecule has 1 fully saturated rings. The molecule has 0 radical (unpaired) electrons. The third-order valence-electron chi connectivity index (χ3n) is 4.41. The fourth-order valence-electron chi connectivity index (χ4n) is 3.26. The third kappa shape index (κ3) is 5.74. The van der Waals surface area contributed by atoms with E-state index in [1.165, 1.54) is 6.07 Å². The van der Waals surface area contributed by atoms with Crippen molar-refractivity contribution in [1.29, 1.82) is 0 Å². The van der Waals surface area contributed by atoms with Crippen molar-refractivity contribution in [3.8, 4) is 0 Å². The zero-order valence-corrected chi connectivity index (χ0v) is 18.3. The van der Waals surface area contributed by atoms with E-state index in [1.807, 2.05) is 0 Å². The highest BCUT2D eigenvalue weighted by Crippen LogP contribution is 2.38. The minimum absolute atomic E-state index is 0.0260. The number of carbonyl (C=O) groups is 3. The summed E-state index contributed by atoms with van der Waals surface area (Å²) < 4.78 is 39.2. The molecule has 0 N–H and O–H groups in total. The molecule has 1 aliphatic rings. The summed E-state index contributed by atoms with van der Waals surface area (Å²) in [5.74, 6) is -3.59. The number of Topliss-reactive ketones (excluding diaryl/α,β-unsaturated/α-hetero) is 1. The molecule has 6 nitrogen and oxygen atoms in total. The SMILES string of the molecule is CCOC(=O)CC(=O)C1CC(c2c(F)ccc(Br)c2F)CN1C(=O)OC(C)(C)C. The van der Waals surface area contributed by atoms with Crippen LogP contribution < -0.4 is 0 Å². The van der Waals surface area contributed by atoms with Gasteiger partial charge in [-0.25, -0.2) is 13.6 Å². The number of esters is 1. The number of likely N-dealkylation sites (tertiary alicyclic amines) is 1. The van der Waals surface area contributed by atoms with Crippen molar-refractivity contribution in [3.63, 3.8) is 0 Å². The molecule has 1 aromatic carbocycles. The molecular formula is C20H24BrF2NO5. The Kier molecular flexibility index (Phi) is 7.37. The molecule has 2 unspecified atom stereocenters. The average molecular weight is 476 g/mol. The van der Waals surface area contributed by atoms with Crippen LogP contribution >= 0.6 is 15.9 Å². The molecule has 2 atom stereocenters. The molecule has 1 aromatic rings. The van der Waals surface area contributed by atoms with Crippen LogP contribution in [-0.2, 0) is 19.1 Å². The Morgan fingerprint density at radius 2 is 1.90 bits per heavy atom. The first kappa shape index (κ1) is 23.3. The number of nitrogens with zero attached hydrogens (tertiary/aromatic N) is 1. The minimum atomic E-state index is -1.04. The summed E-state index contributed by atoms with van der Waals surface area (Å²) in [5.41, 5.74) is -1.03. The first-order chi connectivity index (χ1) is 13.4. The number of carbonyl (C=O) groups excluding carboxylic acids is 3. The number of rotatable bonds is 5. The van der Waals surface area contributed by atoms with E-state index in [1.54, 1.807) is 27.7 Å². The van der Waals surface area contributed by atoms with Gasteiger partial charge in [0.1, 0.15) is 23.7 Å². The molecule has 1 saturated heterocycles. The lowest BCUT2D eigenvalue weighted by Crippen LogP contribution is -2.44. The first-order valence-electron chi connectivity index (χ1n) is 9.26. The lowest BCUT2D eigenvalue weighted by molar-refractivity contribution is -0.146. The number of amides is 1. The third-order valence-corrected chi connectivity index (χ3v) is 5.02. The molecule has 1 heterocycles. The molecular weight excluding hydrogens is 452 g/mol. The van der Waals surface area contributed by atoms with Gasteiger partial charge in [0.2, 0.25) is 0 Å². The fourth-order valence-corrected chi connectivity index (χ4v) is 3.61. The largest absolute Gasteiger partial charge is 0.466 e. The summed E-state index contributed by atoms with van der Waals surface area (Å²) in [5, 5.41) is 0. The number of hydrogen-bond acceptors (Lipinski definition) is 5. The zero-order valence-electron chi connectivity index (χ0n) is 16.8. The van der Waals surface area contributed by atoms with Crippen LogP contribution in [0.25, 0.3) is 0 Å². The summed E-state index contributed by atoms with van der Waals surface area (Å²) in [7, 11) is 0. The molecule has 0 aliphatic carbocycles. The van der Waals surface area contributed by atoms with Crippen LogP contribution in [0.3, 0.4) is 0 Å². The number of hydrogen-bond donors (Lipinski definition) is 0. The van der Waals surface area contributed by atoms with Gasteiger partial charge in [-0.3, -0.25) is 14.5 Å². The van der Waals surface area contributed by atoms with E-state index in [4.69, 9.17) is 9.47 Å². The van der Waals surface area contributed by atoms with E-state index in [0.717, 1.165) is 11.0 Å². The van der Waals surface area contributed by atoms with Gasteiger partial charge in [0, 0.05) is 18.0 Å². The van der Waals surface area contributed by atoms with Crippen molar-refractivity contribution < 1.29 is 32.6 Å². The lowest BCUT2D eigenvalue weighted by Gasteiger charge is -2.27. The van der Waals surface area contributed by atoms with Crippen LogP contribution in [0.5, 0.6) is 0 Å². The Balaban J connectivity index is 2.33. The van der Waals surface area contributed by atoms with E-state index in [9.17, 15) is 23.2 Å². The van der Waals surface area contributed by atoms with Gasteiger partial charge in [0.25, 0.3) is 0 Å². The van der Waals surface area contributed by atoms with Crippen LogP contribution in [0.2, 0.25) is 0 Å². The van der Waals surface area contributed by atoms with Gasteiger partial charge in [0.15, 0.2) is 5.78 Å². The van der Waals surface area contributed by atoms with Crippen LogP contribution in [-0.4, -0.2) is 47.5 Å². The van der Waals surface area contributed by atoms with Gasteiger partial charge in [-0.15, -0.1) is 0 Å². The predicted octanol–water partition coefficient (Wildman–Crippen LogP) is 4.34. The lowest BCUT2D eigenvalue weighted by atomic mass is 9.93. The quantitative estimate of drug-likeness (QED) is 0.359. The molecule has 1 aliphatic heterocycles. The highest BCUT2D eigenvalue weighted by Gasteiger charge is 2.43. The molecule has 0 saturated carbocycles.